The summed E-state index contributed by atoms with van der Waals surface area (Å²) in [5.74, 6) is 4.23. The normalized spacial score (nSPS) is 50.2. The molecule has 2 aliphatic carbocycles. The molecule has 0 heterocycles. The van der Waals surface area contributed by atoms with E-state index in [4.69, 9.17) is 0 Å². The van der Waals surface area contributed by atoms with Crippen LogP contribution in [0.1, 0.15) is 47.0 Å². The molecule has 0 spiro atoms. The molecule has 0 bridgehead atoms. The number of hydrogen-bond acceptors (Lipinski definition) is 0. The van der Waals surface area contributed by atoms with Crippen molar-refractivity contribution >= 4 is 0 Å². The van der Waals surface area contributed by atoms with E-state index in [-0.39, 0.29) is 0 Å². The van der Waals surface area contributed by atoms with Crippen molar-refractivity contribution in [3.05, 3.63) is 0 Å². The van der Waals surface area contributed by atoms with Gasteiger partial charge in [-0.15, -0.1) is 0 Å². The van der Waals surface area contributed by atoms with Gasteiger partial charge in [-0.05, 0) is 41.9 Å². The molecule has 12 heavy (non-hydrogen) atoms. The maximum atomic E-state index is 2.51. The predicted molar refractivity (Wildman–Crippen MR) is 52.9 cm³/mol. The van der Waals surface area contributed by atoms with Crippen LogP contribution >= 0.6 is 0 Å². The molecule has 0 N–H and O–H groups in total. The van der Waals surface area contributed by atoms with E-state index in [1.165, 1.54) is 19.3 Å². The Morgan fingerprint density at radius 3 is 2.42 bits per heavy atom. The molecule has 2 saturated carbocycles. The van der Waals surface area contributed by atoms with Crippen LogP contribution in [0.4, 0.5) is 0 Å². The summed E-state index contributed by atoms with van der Waals surface area (Å²) in [7, 11) is 0. The Kier molecular flexibility index (Phi) is 1.79. The van der Waals surface area contributed by atoms with Gasteiger partial charge >= 0.3 is 0 Å². The maximum Gasteiger partial charge on any atom is -0.0289 e. The highest BCUT2D eigenvalue weighted by Gasteiger charge is 2.65. The molecular formula is C12H22. The van der Waals surface area contributed by atoms with Crippen LogP contribution < -0.4 is 0 Å². The summed E-state index contributed by atoms with van der Waals surface area (Å²) < 4.78 is 0. The summed E-state index contributed by atoms with van der Waals surface area (Å²) in [5.41, 5.74) is 0.758. The Labute approximate surface area is 76.7 Å². The van der Waals surface area contributed by atoms with Crippen LogP contribution in [0.15, 0.2) is 0 Å². The molecule has 0 aromatic heterocycles. The van der Waals surface area contributed by atoms with Gasteiger partial charge in [0.15, 0.2) is 0 Å². The molecule has 0 nitrogen and oxygen atoms in total. The lowest BCUT2D eigenvalue weighted by atomic mass is 9.67. The second-order valence-corrected chi connectivity index (χ2v) is 5.84. The molecule has 4 unspecified atom stereocenters. The zero-order chi connectivity index (χ0) is 8.93. The minimum atomic E-state index is 0.758. The molecule has 0 aromatic carbocycles. The largest absolute Gasteiger partial charge is 0.0628 e. The summed E-state index contributed by atoms with van der Waals surface area (Å²) in [5, 5.41) is 0. The van der Waals surface area contributed by atoms with E-state index in [0.29, 0.717) is 0 Å². The predicted octanol–water partition coefficient (Wildman–Crippen LogP) is 3.71. The summed E-state index contributed by atoms with van der Waals surface area (Å²) in [6, 6.07) is 0. The molecule has 2 aliphatic rings. The quantitative estimate of drug-likeness (QED) is 0.599. The highest BCUT2D eigenvalue weighted by molar-refractivity contribution is 5.14. The van der Waals surface area contributed by atoms with E-state index in [1.807, 2.05) is 0 Å². The Morgan fingerprint density at radius 1 is 1.42 bits per heavy atom. The van der Waals surface area contributed by atoms with E-state index in [9.17, 15) is 0 Å². The lowest BCUT2D eigenvalue weighted by Gasteiger charge is -2.38. The van der Waals surface area contributed by atoms with Crippen molar-refractivity contribution in [2.45, 2.75) is 47.0 Å². The standard InChI is InChI=1S/C12H22/c1-8(2)5-6-12(4)7-10-9(3)11(10)12/h8-11H,5-7H2,1-4H3. The number of hydrogen-bond donors (Lipinski definition) is 0. The van der Waals surface area contributed by atoms with Gasteiger partial charge in [0, 0.05) is 0 Å². The minimum absolute atomic E-state index is 0.758. The van der Waals surface area contributed by atoms with Gasteiger partial charge in [-0.2, -0.15) is 0 Å². The first kappa shape index (κ1) is 8.59. The second kappa shape index (κ2) is 2.49. The fourth-order valence-electron chi connectivity index (χ4n) is 3.41. The third-order valence-corrected chi connectivity index (χ3v) is 4.36. The Balaban J connectivity index is 1.81. The second-order valence-electron chi connectivity index (χ2n) is 5.84. The molecule has 0 aliphatic heterocycles. The van der Waals surface area contributed by atoms with Gasteiger partial charge in [-0.1, -0.05) is 34.1 Å². The average molecular weight is 166 g/mol. The zero-order valence-electron chi connectivity index (χ0n) is 8.93. The van der Waals surface area contributed by atoms with Crippen molar-refractivity contribution in [3.8, 4) is 0 Å². The van der Waals surface area contributed by atoms with Gasteiger partial charge in [-0.3, -0.25) is 0 Å². The number of rotatable bonds is 3. The first-order valence-electron chi connectivity index (χ1n) is 5.54. The SMILES string of the molecule is CC(C)CCC1(C)CC2C(C)C21. The molecule has 2 rings (SSSR count). The fourth-order valence-corrected chi connectivity index (χ4v) is 3.41. The van der Waals surface area contributed by atoms with Crippen molar-refractivity contribution in [1.82, 2.24) is 0 Å². The van der Waals surface area contributed by atoms with Crippen molar-refractivity contribution in [2.75, 3.05) is 0 Å². The highest BCUT2D eigenvalue weighted by atomic mass is 14.7. The fraction of sp³-hybridized carbons (Fsp3) is 1.00. The minimum Gasteiger partial charge on any atom is -0.0628 e. The Bertz CT molecular complexity index is 178. The van der Waals surface area contributed by atoms with Crippen LogP contribution in [-0.4, -0.2) is 0 Å². The van der Waals surface area contributed by atoms with Crippen LogP contribution in [0.25, 0.3) is 0 Å². The van der Waals surface area contributed by atoms with Gasteiger partial charge in [0.2, 0.25) is 0 Å². The molecule has 2 fully saturated rings. The van der Waals surface area contributed by atoms with E-state index < -0.39 is 0 Å². The summed E-state index contributed by atoms with van der Waals surface area (Å²) in [6.07, 6.45) is 4.45. The molecule has 0 heteroatoms. The van der Waals surface area contributed by atoms with Gasteiger partial charge in [0.05, 0.1) is 0 Å². The maximum absolute atomic E-state index is 2.51. The smallest absolute Gasteiger partial charge is 0.0289 e. The average Bonchev–Trinajstić information content (AvgIpc) is 2.49. The van der Waals surface area contributed by atoms with Crippen LogP contribution in [0.2, 0.25) is 0 Å². The van der Waals surface area contributed by atoms with E-state index in [2.05, 4.69) is 27.7 Å². The van der Waals surface area contributed by atoms with Crippen LogP contribution in [0.5, 0.6) is 0 Å². The molecule has 70 valence electrons. The first-order chi connectivity index (χ1) is 5.54. The van der Waals surface area contributed by atoms with Crippen molar-refractivity contribution < 1.29 is 0 Å². The molecule has 0 saturated heterocycles. The Hall–Kier alpha value is 0. The van der Waals surface area contributed by atoms with Crippen molar-refractivity contribution in [3.63, 3.8) is 0 Å². The zero-order valence-corrected chi connectivity index (χ0v) is 8.93. The van der Waals surface area contributed by atoms with E-state index >= 15 is 0 Å². The highest BCUT2D eigenvalue weighted by Crippen LogP contribution is 2.72. The van der Waals surface area contributed by atoms with Gasteiger partial charge in [0.1, 0.15) is 0 Å². The lowest BCUT2D eigenvalue weighted by Crippen LogP contribution is -2.29. The van der Waals surface area contributed by atoms with E-state index in [0.717, 1.165) is 29.1 Å². The topological polar surface area (TPSA) is 0 Å². The van der Waals surface area contributed by atoms with Crippen LogP contribution in [0.3, 0.4) is 0 Å². The molecule has 0 radical (unpaired) electrons. The summed E-state index contributed by atoms with van der Waals surface area (Å²) in [6.45, 7) is 9.64. The Morgan fingerprint density at radius 2 is 2.08 bits per heavy atom. The monoisotopic (exact) mass is 166 g/mol. The third kappa shape index (κ3) is 1.11. The van der Waals surface area contributed by atoms with Gasteiger partial charge in [-0.25, -0.2) is 0 Å². The molecular weight excluding hydrogens is 144 g/mol. The molecule has 0 aromatic rings. The molecule has 0 amide bonds. The summed E-state index contributed by atoms with van der Waals surface area (Å²) >= 11 is 0. The third-order valence-electron chi connectivity index (χ3n) is 4.36. The van der Waals surface area contributed by atoms with Crippen LogP contribution in [0, 0.1) is 29.1 Å². The summed E-state index contributed by atoms with van der Waals surface area (Å²) in [4.78, 5) is 0. The van der Waals surface area contributed by atoms with Gasteiger partial charge in [0.25, 0.3) is 0 Å². The van der Waals surface area contributed by atoms with Gasteiger partial charge < -0.3 is 0 Å². The first-order valence-corrected chi connectivity index (χ1v) is 5.54. The number of fused-ring (bicyclic) bond motifs is 1. The van der Waals surface area contributed by atoms with Crippen molar-refractivity contribution in [2.24, 2.45) is 29.1 Å². The molecule has 4 atom stereocenters. The lowest BCUT2D eigenvalue weighted by molar-refractivity contribution is 0.114. The van der Waals surface area contributed by atoms with E-state index in [1.54, 1.807) is 0 Å². The van der Waals surface area contributed by atoms with Crippen LogP contribution in [-0.2, 0) is 0 Å². The van der Waals surface area contributed by atoms with Crippen molar-refractivity contribution in [1.29, 1.82) is 0 Å².